The summed E-state index contributed by atoms with van der Waals surface area (Å²) in [5.74, 6) is 2.77. The van der Waals surface area contributed by atoms with Crippen molar-refractivity contribution in [2.24, 2.45) is 5.92 Å². The smallest absolute Gasteiger partial charge is 0.340 e. The van der Waals surface area contributed by atoms with Crippen LogP contribution in [0.1, 0.15) is 63.0 Å². The van der Waals surface area contributed by atoms with Gasteiger partial charge in [0.05, 0.1) is 0 Å². The van der Waals surface area contributed by atoms with Crippen LogP contribution in [0.4, 0.5) is 0 Å². The molecule has 1 aliphatic heterocycles. The molecule has 178 valence electrons. The van der Waals surface area contributed by atoms with Gasteiger partial charge in [0.2, 0.25) is 8.38 Å². The average molecular weight is 482 g/mol. The lowest BCUT2D eigenvalue weighted by Crippen LogP contribution is -2.26. The van der Waals surface area contributed by atoms with E-state index in [1.54, 1.807) is 7.11 Å². The third-order valence-corrected chi connectivity index (χ3v) is 10.4. The molecule has 3 unspecified atom stereocenters. The van der Waals surface area contributed by atoms with Crippen molar-refractivity contribution in [1.29, 1.82) is 0 Å². The number of fused-ring (bicyclic) bond motifs is 3. The molecular weight excluding hydrogens is 446 g/mol. The van der Waals surface area contributed by atoms with Crippen LogP contribution >= 0.6 is 16.0 Å². The van der Waals surface area contributed by atoms with Gasteiger partial charge in [-0.3, -0.25) is 4.57 Å². The molecule has 0 saturated heterocycles. The molecule has 6 nitrogen and oxygen atoms in total. The fourth-order valence-corrected chi connectivity index (χ4v) is 7.71. The first-order chi connectivity index (χ1) is 15.3. The van der Waals surface area contributed by atoms with Crippen molar-refractivity contribution >= 4 is 16.0 Å². The highest BCUT2D eigenvalue weighted by atomic mass is 31.2. The summed E-state index contributed by atoms with van der Waals surface area (Å²) in [6.07, 6.45) is 8.73. The van der Waals surface area contributed by atoms with Gasteiger partial charge in [-0.25, -0.2) is 0 Å². The van der Waals surface area contributed by atoms with Crippen LogP contribution in [0.3, 0.4) is 0 Å². The predicted octanol–water partition coefficient (Wildman–Crippen LogP) is 7.55. The summed E-state index contributed by atoms with van der Waals surface area (Å²) in [5, 5.41) is 0. The van der Waals surface area contributed by atoms with E-state index < -0.39 is 16.0 Å². The van der Waals surface area contributed by atoms with Crippen molar-refractivity contribution in [2.45, 2.75) is 58.3 Å². The van der Waals surface area contributed by atoms with Gasteiger partial charge in [-0.1, -0.05) is 38.0 Å². The molecule has 0 fully saturated rings. The third kappa shape index (κ3) is 5.85. The van der Waals surface area contributed by atoms with Crippen LogP contribution < -0.4 is 9.26 Å². The summed E-state index contributed by atoms with van der Waals surface area (Å²) in [5.41, 5.74) is 3.54. The Morgan fingerprint density at radius 3 is 2.62 bits per heavy atom. The Labute approximate surface area is 193 Å². The molecule has 0 N–H and O–H groups in total. The van der Waals surface area contributed by atoms with Crippen LogP contribution in [0.2, 0.25) is 0 Å². The quantitative estimate of drug-likeness (QED) is 0.184. The van der Waals surface area contributed by atoms with Crippen molar-refractivity contribution in [2.75, 3.05) is 27.2 Å². The summed E-state index contributed by atoms with van der Waals surface area (Å²) in [4.78, 5) is 0. The minimum absolute atomic E-state index is 0.0528. The van der Waals surface area contributed by atoms with Gasteiger partial charge in [0, 0.05) is 38.7 Å². The van der Waals surface area contributed by atoms with Gasteiger partial charge >= 0.3 is 7.60 Å². The van der Waals surface area contributed by atoms with Gasteiger partial charge < -0.3 is 22.8 Å². The number of rotatable bonds is 11. The summed E-state index contributed by atoms with van der Waals surface area (Å²) >= 11 is 0. The Hall–Kier alpha value is -1.16. The van der Waals surface area contributed by atoms with Crippen LogP contribution in [0, 0.1) is 5.92 Å². The first-order valence-corrected chi connectivity index (χ1v) is 14.3. The summed E-state index contributed by atoms with van der Waals surface area (Å²) < 4.78 is 41.2. The van der Waals surface area contributed by atoms with Gasteiger partial charge in [0.25, 0.3) is 0 Å². The maximum atomic E-state index is 12.7. The first-order valence-electron chi connectivity index (χ1n) is 11.2. The molecule has 1 aliphatic carbocycles. The molecular formula is C24H36O6P2. The Morgan fingerprint density at radius 2 is 1.97 bits per heavy atom. The van der Waals surface area contributed by atoms with E-state index in [4.69, 9.17) is 22.8 Å². The first kappa shape index (κ1) is 25.5. The molecule has 3 atom stereocenters. The zero-order chi connectivity index (χ0) is 23.3. The molecule has 0 radical (unpaired) electrons. The number of unbranched alkanes of at least 4 members (excludes halogenated alkanes) is 2. The van der Waals surface area contributed by atoms with Crippen LogP contribution in [-0.2, 0) is 24.6 Å². The van der Waals surface area contributed by atoms with E-state index in [2.05, 4.69) is 38.6 Å². The Kier molecular flexibility index (Phi) is 9.00. The highest BCUT2D eigenvalue weighted by Crippen LogP contribution is 2.60. The van der Waals surface area contributed by atoms with E-state index in [1.165, 1.54) is 26.2 Å². The number of benzene rings is 1. The van der Waals surface area contributed by atoms with E-state index in [0.717, 1.165) is 60.5 Å². The molecule has 0 saturated carbocycles. The zero-order valence-electron chi connectivity index (χ0n) is 19.9. The van der Waals surface area contributed by atoms with E-state index >= 15 is 0 Å². The van der Waals surface area contributed by atoms with Crippen molar-refractivity contribution in [3.05, 3.63) is 47.2 Å². The molecule has 0 amide bonds. The van der Waals surface area contributed by atoms with Crippen LogP contribution in [-0.4, -0.2) is 27.2 Å². The summed E-state index contributed by atoms with van der Waals surface area (Å²) in [7, 11) is -0.500. The van der Waals surface area contributed by atoms with E-state index in [9.17, 15) is 4.57 Å². The maximum absolute atomic E-state index is 12.7. The minimum atomic E-state index is -3.28. The minimum Gasteiger partial charge on any atom is -0.462 e. The van der Waals surface area contributed by atoms with Gasteiger partial charge in [0.1, 0.15) is 23.2 Å². The van der Waals surface area contributed by atoms with Crippen molar-refractivity contribution in [3.8, 4) is 11.5 Å². The molecule has 3 rings (SSSR count). The Balaban J connectivity index is 2.01. The lowest BCUT2D eigenvalue weighted by molar-refractivity contribution is 0.275. The molecule has 2 aliphatic rings. The Bertz CT molecular complexity index is 889. The third-order valence-electron chi connectivity index (χ3n) is 6.22. The molecule has 0 bridgehead atoms. The molecule has 1 aromatic carbocycles. The second kappa shape index (κ2) is 11.3. The van der Waals surface area contributed by atoms with Crippen molar-refractivity contribution in [1.82, 2.24) is 0 Å². The number of hydrogen-bond donors (Lipinski definition) is 0. The number of ether oxygens (including phenoxy) is 1. The lowest BCUT2D eigenvalue weighted by Gasteiger charge is -2.38. The SMILES string of the molecule is C=C1Oc2cc(CCCCC)cc(OP(CP(=O)(OC)OC)OC)c2C2C=C(C)CCC12. The molecule has 32 heavy (non-hydrogen) atoms. The van der Waals surface area contributed by atoms with E-state index in [-0.39, 0.29) is 17.7 Å². The van der Waals surface area contributed by atoms with Gasteiger partial charge in [-0.05, 0) is 50.3 Å². The molecule has 0 spiro atoms. The second-order valence-corrected chi connectivity index (χ2v) is 12.7. The largest absolute Gasteiger partial charge is 0.462 e. The van der Waals surface area contributed by atoms with Crippen LogP contribution in [0.15, 0.2) is 36.1 Å². The Morgan fingerprint density at radius 1 is 1.22 bits per heavy atom. The van der Waals surface area contributed by atoms with Gasteiger partial charge in [-0.2, -0.15) is 0 Å². The van der Waals surface area contributed by atoms with Crippen molar-refractivity contribution < 1.29 is 27.4 Å². The second-order valence-electron chi connectivity index (χ2n) is 8.44. The van der Waals surface area contributed by atoms with Crippen molar-refractivity contribution in [3.63, 3.8) is 0 Å². The zero-order valence-corrected chi connectivity index (χ0v) is 21.7. The average Bonchev–Trinajstić information content (AvgIpc) is 2.78. The number of hydrogen-bond acceptors (Lipinski definition) is 6. The number of aryl methyl sites for hydroxylation is 1. The topological polar surface area (TPSA) is 63.2 Å². The van der Waals surface area contributed by atoms with Gasteiger partial charge in [0.15, 0.2) is 0 Å². The van der Waals surface area contributed by atoms with E-state index in [1.807, 2.05) is 0 Å². The lowest BCUT2D eigenvalue weighted by atomic mass is 9.74. The summed E-state index contributed by atoms with van der Waals surface area (Å²) in [6, 6.07) is 4.22. The van der Waals surface area contributed by atoms with E-state index in [0.29, 0.717) is 0 Å². The summed E-state index contributed by atoms with van der Waals surface area (Å²) in [6.45, 7) is 8.59. The maximum Gasteiger partial charge on any atom is 0.340 e. The molecule has 1 aromatic rings. The fraction of sp³-hybridized carbons (Fsp3) is 0.583. The highest BCUT2D eigenvalue weighted by Gasteiger charge is 2.38. The predicted molar refractivity (Wildman–Crippen MR) is 130 cm³/mol. The molecule has 8 heteroatoms. The number of allylic oxidation sites excluding steroid dienone is 3. The standard InChI is InChI=1S/C24H36O6P2/c1-7-8-9-10-19-14-22-24(21-13-17(2)11-12-20(21)18(3)29-22)23(15-19)30-31(26-4)16-32(25,27-5)28-6/h13-15,20-21H,3,7-12,16H2,1-2,4-6H3. The molecule has 1 heterocycles. The fourth-order valence-electron chi connectivity index (χ4n) is 4.36. The monoisotopic (exact) mass is 482 g/mol. The highest BCUT2D eigenvalue weighted by molar-refractivity contribution is 7.68. The van der Waals surface area contributed by atoms with Gasteiger partial charge in [-0.15, -0.1) is 0 Å². The van der Waals surface area contributed by atoms with Crippen LogP contribution in [0.25, 0.3) is 0 Å². The molecule has 0 aromatic heterocycles. The normalized spacial score (nSPS) is 21.3. The van der Waals surface area contributed by atoms with Crippen LogP contribution in [0.5, 0.6) is 11.5 Å².